The SMILES string of the molecule is C=C[Si](CCC)(OCC)OCC.CO[Si](CCCOCC1CO1)(OC)c1ccccc1. The van der Waals surface area contributed by atoms with Crippen molar-refractivity contribution in [3.63, 3.8) is 0 Å². The molecule has 1 aliphatic rings. The largest absolute Gasteiger partial charge is 0.394 e. The van der Waals surface area contributed by atoms with Crippen LogP contribution in [0.4, 0.5) is 0 Å². The van der Waals surface area contributed by atoms with E-state index >= 15 is 0 Å². The summed E-state index contributed by atoms with van der Waals surface area (Å²) in [6, 6.07) is 12.1. The van der Waals surface area contributed by atoms with Gasteiger partial charge in [0.1, 0.15) is 6.10 Å². The second-order valence-corrected chi connectivity index (χ2v) is 13.8. The van der Waals surface area contributed by atoms with Gasteiger partial charge in [-0.25, -0.2) is 0 Å². The number of rotatable bonds is 16. The number of hydrogen-bond donors (Lipinski definition) is 0. The van der Waals surface area contributed by atoms with Crippen LogP contribution in [0.3, 0.4) is 0 Å². The highest BCUT2D eigenvalue weighted by Gasteiger charge is 2.37. The zero-order valence-corrected chi connectivity index (χ0v) is 22.1. The second kappa shape index (κ2) is 15.9. The zero-order valence-electron chi connectivity index (χ0n) is 20.1. The number of hydrogen-bond acceptors (Lipinski definition) is 6. The van der Waals surface area contributed by atoms with Crippen molar-refractivity contribution in [2.45, 2.75) is 51.8 Å². The lowest BCUT2D eigenvalue weighted by Gasteiger charge is -2.27. The molecule has 0 radical (unpaired) electrons. The fourth-order valence-corrected chi connectivity index (χ4v) is 8.52. The summed E-state index contributed by atoms with van der Waals surface area (Å²) in [4.78, 5) is 0. The third kappa shape index (κ3) is 10.1. The maximum atomic E-state index is 5.75. The molecule has 0 saturated carbocycles. The van der Waals surface area contributed by atoms with Crippen molar-refractivity contribution in [1.82, 2.24) is 0 Å². The van der Waals surface area contributed by atoms with Crippen LogP contribution < -0.4 is 5.19 Å². The summed E-state index contributed by atoms with van der Waals surface area (Å²) < 4.78 is 33.5. The molecular weight excluding hydrogens is 428 g/mol. The zero-order chi connectivity index (χ0) is 23.0. The molecule has 0 amide bonds. The third-order valence-electron chi connectivity index (χ3n) is 5.06. The first-order valence-electron chi connectivity index (χ1n) is 11.3. The highest BCUT2D eigenvalue weighted by Crippen LogP contribution is 2.17. The Balaban J connectivity index is 0.000000348. The van der Waals surface area contributed by atoms with Gasteiger partial charge in [-0.2, -0.15) is 0 Å². The van der Waals surface area contributed by atoms with Gasteiger partial charge in [0.25, 0.3) is 0 Å². The Bertz CT molecular complexity index is 562. The molecule has 0 aromatic heterocycles. The van der Waals surface area contributed by atoms with E-state index in [0.29, 0.717) is 12.7 Å². The van der Waals surface area contributed by atoms with Crippen LogP contribution >= 0.6 is 0 Å². The molecule has 1 aromatic carbocycles. The van der Waals surface area contributed by atoms with Crippen molar-refractivity contribution >= 4 is 22.3 Å². The van der Waals surface area contributed by atoms with Gasteiger partial charge < -0.3 is 27.2 Å². The summed E-state index contributed by atoms with van der Waals surface area (Å²) in [6.45, 7) is 13.7. The molecule has 8 heteroatoms. The van der Waals surface area contributed by atoms with E-state index in [1.807, 2.05) is 37.7 Å². The van der Waals surface area contributed by atoms with Gasteiger partial charge >= 0.3 is 17.1 Å². The quantitative estimate of drug-likeness (QED) is 0.206. The van der Waals surface area contributed by atoms with E-state index in [2.05, 4.69) is 25.6 Å². The minimum Gasteiger partial charge on any atom is -0.394 e. The molecule has 1 fully saturated rings. The Hall–Kier alpha value is -0.846. The molecule has 1 atom stereocenters. The van der Waals surface area contributed by atoms with E-state index in [4.69, 9.17) is 27.2 Å². The molecule has 1 aliphatic heterocycles. The normalized spacial score (nSPS) is 15.8. The van der Waals surface area contributed by atoms with Crippen molar-refractivity contribution < 1.29 is 27.2 Å². The monoisotopic (exact) mass is 470 g/mol. The Morgan fingerprint density at radius 2 is 1.65 bits per heavy atom. The molecule has 178 valence electrons. The second-order valence-electron chi connectivity index (χ2n) is 7.29. The van der Waals surface area contributed by atoms with Crippen LogP contribution in [0, 0.1) is 0 Å². The van der Waals surface area contributed by atoms with Gasteiger partial charge in [-0.05, 0) is 43.2 Å². The van der Waals surface area contributed by atoms with Crippen molar-refractivity contribution in [2.75, 3.05) is 47.3 Å². The molecule has 1 unspecified atom stereocenters. The molecular formula is C23H42O6Si2. The van der Waals surface area contributed by atoms with Gasteiger partial charge in [0, 0.05) is 34.0 Å². The minimum absolute atomic E-state index is 0.334. The average Bonchev–Trinajstić information content (AvgIpc) is 3.63. The highest BCUT2D eigenvalue weighted by molar-refractivity contribution is 6.81. The van der Waals surface area contributed by atoms with Crippen LogP contribution in [-0.4, -0.2) is 70.5 Å². The van der Waals surface area contributed by atoms with Gasteiger partial charge in [-0.3, -0.25) is 0 Å². The van der Waals surface area contributed by atoms with Crippen LogP contribution in [0.2, 0.25) is 12.1 Å². The van der Waals surface area contributed by atoms with Gasteiger partial charge in [-0.15, -0.1) is 6.58 Å². The van der Waals surface area contributed by atoms with Crippen LogP contribution in [0.1, 0.15) is 33.6 Å². The number of benzene rings is 1. The summed E-state index contributed by atoms with van der Waals surface area (Å²) in [6.07, 6.45) is 2.37. The Kier molecular flexibility index (Phi) is 14.4. The molecule has 1 aromatic rings. The topological polar surface area (TPSA) is 58.7 Å². The first-order valence-corrected chi connectivity index (χ1v) is 15.4. The van der Waals surface area contributed by atoms with Crippen LogP contribution in [-0.2, 0) is 27.2 Å². The lowest BCUT2D eigenvalue weighted by molar-refractivity contribution is 0.115. The molecule has 0 aliphatic carbocycles. The number of ether oxygens (including phenoxy) is 2. The highest BCUT2D eigenvalue weighted by atomic mass is 28.4. The maximum Gasteiger partial charge on any atom is 0.372 e. The van der Waals surface area contributed by atoms with Gasteiger partial charge in [0.2, 0.25) is 0 Å². The van der Waals surface area contributed by atoms with E-state index in [1.165, 1.54) is 5.19 Å². The van der Waals surface area contributed by atoms with E-state index in [0.717, 1.165) is 51.4 Å². The van der Waals surface area contributed by atoms with Gasteiger partial charge in [0.15, 0.2) is 0 Å². The smallest absolute Gasteiger partial charge is 0.372 e. The Morgan fingerprint density at radius 3 is 2.10 bits per heavy atom. The summed E-state index contributed by atoms with van der Waals surface area (Å²) >= 11 is 0. The van der Waals surface area contributed by atoms with Crippen LogP contribution in [0.25, 0.3) is 0 Å². The fraction of sp³-hybridized carbons (Fsp3) is 0.652. The molecule has 31 heavy (non-hydrogen) atoms. The molecule has 0 spiro atoms. The van der Waals surface area contributed by atoms with Crippen molar-refractivity contribution in [1.29, 1.82) is 0 Å². The molecule has 1 heterocycles. The van der Waals surface area contributed by atoms with E-state index in [-0.39, 0.29) is 0 Å². The fourth-order valence-electron chi connectivity index (χ4n) is 3.39. The Labute approximate surface area is 191 Å². The number of epoxide rings is 1. The summed E-state index contributed by atoms with van der Waals surface area (Å²) in [5, 5.41) is 1.17. The first kappa shape index (κ1) is 28.2. The van der Waals surface area contributed by atoms with Crippen LogP contribution in [0.5, 0.6) is 0 Å². The predicted molar refractivity (Wildman–Crippen MR) is 130 cm³/mol. The first-order chi connectivity index (χ1) is 15.0. The predicted octanol–water partition coefficient (Wildman–Crippen LogP) is 4.07. The molecule has 0 bridgehead atoms. The van der Waals surface area contributed by atoms with Gasteiger partial charge in [0.05, 0.1) is 13.2 Å². The molecule has 1 saturated heterocycles. The molecule has 0 N–H and O–H groups in total. The maximum absolute atomic E-state index is 5.75. The third-order valence-corrected chi connectivity index (χ3v) is 12.0. The Morgan fingerprint density at radius 1 is 1.03 bits per heavy atom. The van der Waals surface area contributed by atoms with E-state index < -0.39 is 17.1 Å². The minimum atomic E-state index is -2.29. The summed E-state index contributed by atoms with van der Waals surface area (Å²) in [5.41, 5.74) is 1.89. The molecule has 2 rings (SSSR count). The van der Waals surface area contributed by atoms with Crippen LogP contribution in [0.15, 0.2) is 42.6 Å². The average molecular weight is 471 g/mol. The van der Waals surface area contributed by atoms with Crippen molar-refractivity contribution in [3.05, 3.63) is 42.6 Å². The standard InChI is InChI=1S/C14H22O4Si.C9H20O2Si/c1-15-19(16-2,14-7-4-3-5-8-14)10-6-9-17-11-13-12-18-13;1-5-9-12(8-4,10-6-2)11-7-3/h3-5,7-8,13H,6,9-12H2,1-2H3;8H,4-7,9H2,1-3H3. The lowest BCUT2D eigenvalue weighted by Crippen LogP contribution is -2.52. The van der Waals surface area contributed by atoms with E-state index in [1.54, 1.807) is 14.2 Å². The van der Waals surface area contributed by atoms with Crippen molar-refractivity contribution in [3.8, 4) is 0 Å². The van der Waals surface area contributed by atoms with Gasteiger partial charge in [-0.1, -0.05) is 43.7 Å². The summed E-state index contributed by atoms with van der Waals surface area (Å²) in [7, 11) is -0.823. The van der Waals surface area contributed by atoms with Crippen molar-refractivity contribution in [2.24, 2.45) is 0 Å². The van der Waals surface area contributed by atoms with E-state index in [9.17, 15) is 0 Å². The lowest BCUT2D eigenvalue weighted by atomic mass is 10.4. The summed E-state index contributed by atoms with van der Waals surface area (Å²) in [5.74, 6) is 0. The molecule has 6 nitrogen and oxygen atoms in total.